The fraction of sp³-hybridized carbons (Fsp3) is 0.222. The van der Waals surface area contributed by atoms with Crippen LogP contribution in [0.1, 0.15) is 19.5 Å². The Kier molecular flexibility index (Phi) is 5.11. The van der Waals surface area contributed by atoms with Crippen molar-refractivity contribution >= 4 is 17.9 Å². The van der Waals surface area contributed by atoms with E-state index in [9.17, 15) is 9.18 Å². The summed E-state index contributed by atoms with van der Waals surface area (Å²) >= 11 is 0. The molecule has 0 atom stereocenters. The van der Waals surface area contributed by atoms with Crippen LogP contribution in [0.25, 0.3) is 17.2 Å². The number of pyridine rings is 1. The lowest BCUT2D eigenvalue weighted by molar-refractivity contribution is -0.131. The van der Waals surface area contributed by atoms with Gasteiger partial charge in [0, 0.05) is 24.7 Å². The smallest absolute Gasteiger partial charge is 0.328 e. The molecule has 5 heteroatoms. The maximum Gasteiger partial charge on any atom is 0.328 e. The quantitative estimate of drug-likeness (QED) is 0.852. The number of hydrogen-bond acceptors (Lipinski definition) is 3. The fourth-order valence-electron chi connectivity index (χ4n) is 2.08. The predicted octanol–water partition coefficient (Wildman–Crippen LogP) is 3.83. The molecule has 120 valence electrons. The van der Waals surface area contributed by atoms with Gasteiger partial charge in [0.15, 0.2) is 0 Å². The lowest BCUT2D eigenvalue weighted by Crippen LogP contribution is -2.27. The van der Waals surface area contributed by atoms with Crippen LogP contribution in [0.5, 0.6) is 0 Å². The van der Waals surface area contributed by atoms with E-state index < -0.39 is 5.97 Å². The van der Waals surface area contributed by atoms with Crippen LogP contribution < -0.4 is 4.90 Å². The molecule has 0 aliphatic heterocycles. The first-order valence-electron chi connectivity index (χ1n) is 7.29. The lowest BCUT2D eigenvalue weighted by Gasteiger charge is -2.25. The van der Waals surface area contributed by atoms with E-state index in [1.54, 1.807) is 18.2 Å². The zero-order chi connectivity index (χ0) is 17.0. The van der Waals surface area contributed by atoms with Crippen LogP contribution >= 0.6 is 0 Å². The standard InChI is InChI=1S/C18H19FN2O2/c1-12(2)21(3)18-16(13-4-6-14(19)7-5-13)10-8-15(20-18)9-11-17(22)23/h4-12H,1-3H3,(H,22,23). The lowest BCUT2D eigenvalue weighted by atomic mass is 10.0. The largest absolute Gasteiger partial charge is 0.478 e. The van der Waals surface area contributed by atoms with Gasteiger partial charge in [0.1, 0.15) is 11.6 Å². The molecule has 0 saturated heterocycles. The van der Waals surface area contributed by atoms with E-state index in [1.807, 2.05) is 31.9 Å². The summed E-state index contributed by atoms with van der Waals surface area (Å²) in [6.45, 7) is 4.08. The normalized spacial score (nSPS) is 11.2. The molecule has 0 spiro atoms. The van der Waals surface area contributed by atoms with Crippen LogP contribution in [0.3, 0.4) is 0 Å². The van der Waals surface area contributed by atoms with Crippen LogP contribution in [-0.4, -0.2) is 29.1 Å². The SMILES string of the molecule is CC(C)N(C)c1nc(C=CC(=O)O)ccc1-c1ccc(F)cc1. The van der Waals surface area contributed by atoms with Gasteiger partial charge >= 0.3 is 5.97 Å². The van der Waals surface area contributed by atoms with Gasteiger partial charge in [0.2, 0.25) is 0 Å². The Bertz CT molecular complexity index is 724. The molecule has 0 aliphatic rings. The molecule has 0 fully saturated rings. The summed E-state index contributed by atoms with van der Waals surface area (Å²) in [6.07, 6.45) is 2.51. The number of anilines is 1. The minimum absolute atomic E-state index is 0.209. The molecule has 0 saturated carbocycles. The molecule has 0 amide bonds. The van der Waals surface area contributed by atoms with E-state index in [0.29, 0.717) is 5.69 Å². The highest BCUT2D eigenvalue weighted by atomic mass is 19.1. The number of halogens is 1. The maximum atomic E-state index is 13.1. The number of aromatic nitrogens is 1. The van der Waals surface area contributed by atoms with E-state index in [2.05, 4.69) is 4.98 Å². The molecule has 1 N–H and O–H groups in total. The second-order valence-electron chi connectivity index (χ2n) is 5.49. The summed E-state index contributed by atoms with van der Waals surface area (Å²) in [7, 11) is 1.92. The van der Waals surface area contributed by atoms with E-state index in [-0.39, 0.29) is 11.9 Å². The van der Waals surface area contributed by atoms with E-state index in [0.717, 1.165) is 23.0 Å². The number of aliphatic carboxylic acids is 1. The molecule has 0 aliphatic carbocycles. The van der Waals surface area contributed by atoms with Gasteiger partial charge in [-0.1, -0.05) is 12.1 Å². The Morgan fingerprint density at radius 1 is 1.22 bits per heavy atom. The van der Waals surface area contributed by atoms with Crippen molar-refractivity contribution < 1.29 is 14.3 Å². The van der Waals surface area contributed by atoms with Crippen molar-refractivity contribution in [2.24, 2.45) is 0 Å². The number of hydrogen-bond donors (Lipinski definition) is 1. The third-order valence-electron chi connectivity index (χ3n) is 3.56. The van der Waals surface area contributed by atoms with Crippen molar-refractivity contribution in [3.8, 4) is 11.1 Å². The summed E-state index contributed by atoms with van der Waals surface area (Å²) in [5.74, 6) is -0.589. The average Bonchev–Trinajstić information content (AvgIpc) is 2.52. The Morgan fingerprint density at radius 3 is 2.43 bits per heavy atom. The van der Waals surface area contributed by atoms with Gasteiger partial charge in [0.25, 0.3) is 0 Å². The highest BCUT2D eigenvalue weighted by molar-refractivity contribution is 5.85. The van der Waals surface area contributed by atoms with E-state index in [4.69, 9.17) is 5.11 Å². The van der Waals surface area contributed by atoms with Crippen molar-refractivity contribution in [3.05, 3.63) is 54.0 Å². The van der Waals surface area contributed by atoms with Crippen LogP contribution in [0.15, 0.2) is 42.5 Å². The first kappa shape index (κ1) is 16.7. The minimum atomic E-state index is -1.02. The molecule has 1 heterocycles. The molecule has 0 bridgehead atoms. The van der Waals surface area contributed by atoms with Gasteiger partial charge < -0.3 is 10.0 Å². The number of nitrogens with zero attached hydrogens (tertiary/aromatic N) is 2. The molecule has 1 aromatic carbocycles. The first-order chi connectivity index (χ1) is 10.9. The van der Waals surface area contributed by atoms with Crippen molar-refractivity contribution in [1.29, 1.82) is 0 Å². The number of carbonyl (C=O) groups is 1. The third-order valence-corrected chi connectivity index (χ3v) is 3.56. The summed E-state index contributed by atoms with van der Waals surface area (Å²) in [6, 6.07) is 10.1. The molecule has 4 nitrogen and oxygen atoms in total. The monoisotopic (exact) mass is 314 g/mol. The van der Waals surface area contributed by atoms with E-state index in [1.165, 1.54) is 18.2 Å². The molecule has 0 radical (unpaired) electrons. The zero-order valence-electron chi connectivity index (χ0n) is 13.3. The van der Waals surface area contributed by atoms with Gasteiger partial charge in [-0.15, -0.1) is 0 Å². The summed E-state index contributed by atoms with van der Waals surface area (Å²) < 4.78 is 13.1. The second kappa shape index (κ2) is 7.05. The molecular formula is C18H19FN2O2. The second-order valence-corrected chi connectivity index (χ2v) is 5.49. The van der Waals surface area contributed by atoms with Crippen LogP contribution in [0, 0.1) is 5.82 Å². The Balaban J connectivity index is 2.52. The number of carboxylic acid groups (broad SMARTS) is 1. The number of rotatable bonds is 5. The van der Waals surface area contributed by atoms with Crippen molar-refractivity contribution in [1.82, 2.24) is 4.98 Å². The molecule has 23 heavy (non-hydrogen) atoms. The average molecular weight is 314 g/mol. The van der Waals surface area contributed by atoms with Gasteiger partial charge in [-0.3, -0.25) is 0 Å². The Morgan fingerprint density at radius 2 is 1.87 bits per heavy atom. The highest BCUT2D eigenvalue weighted by Crippen LogP contribution is 2.30. The van der Waals surface area contributed by atoms with Gasteiger partial charge in [-0.25, -0.2) is 14.2 Å². The van der Waals surface area contributed by atoms with Gasteiger partial charge in [0.05, 0.1) is 5.69 Å². The van der Waals surface area contributed by atoms with Gasteiger partial charge in [-0.05, 0) is 49.8 Å². The third kappa shape index (κ3) is 4.16. The topological polar surface area (TPSA) is 53.4 Å². The first-order valence-corrected chi connectivity index (χ1v) is 7.29. The van der Waals surface area contributed by atoms with Crippen molar-refractivity contribution in [2.45, 2.75) is 19.9 Å². The summed E-state index contributed by atoms with van der Waals surface area (Å²) in [5, 5.41) is 8.74. The minimum Gasteiger partial charge on any atom is -0.478 e. The number of carboxylic acids is 1. The van der Waals surface area contributed by atoms with Gasteiger partial charge in [-0.2, -0.15) is 0 Å². The van der Waals surface area contributed by atoms with Crippen LogP contribution in [0.4, 0.5) is 10.2 Å². The highest BCUT2D eigenvalue weighted by Gasteiger charge is 2.14. The number of benzene rings is 1. The van der Waals surface area contributed by atoms with Crippen LogP contribution in [0.2, 0.25) is 0 Å². The van der Waals surface area contributed by atoms with Crippen molar-refractivity contribution in [3.63, 3.8) is 0 Å². The molecular weight excluding hydrogens is 295 g/mol. The molecule has 2 aromatic rings. The fourth-order valence-corrected chi connectivity index (χ4v) is 2.08. The zero-order valence-corrected chi connectivity index (χ0v) is 13.3. The molecule has 0 unspecified atom stereocenters. The predicted molar refractivity (Wildman–Crippen MR) is 89.8 cm³/mol. The summed E-state index contributed by atoms with van der Waals surface area (Å²) in [4.78, 5) is 17.2. The van der Waals surface area contributed by atoms with Crippen molar-refractivity contribution in [2.75, 3.05) is 11.9 Å². The Labute approximate surface area is 134 Å². The van der Waals surface area contributed by atoms with E-state index >= 15 is 0 Å². The molecule has 1 aromatic heterocycles. The summed E-state index contributed by atoms with van der Waals surface area (Å²) in [5.41, 5.74) is 2.28. The molecule has 2 rings (SSSR count). The van der Waals surface area contributed by atoms with Crippen LogP contribution in [-0.2, 0) is 4.79 Å². The maximum absolute atomic E-state index is 13.1. The Hall–Kier alpha value is -2.69.